The minimum absolute atomic E-state index is 0.359. The van der Waals surface area contributed by atoms with E-state index in [0.717, 1.165) is 17.6 Å². The molecule has 102 valence electrons. The van der Waals surface area contributed by atoms with Gasteiger partial charge in [0.2, 0.25) is 0 Å². The van der Waals surface area contributed by atoms with E-state index < -0.39 is 0 Å². The molecule has 2 nitrogen and oxygen atoms in total. The predicted octanol–water partition coefficient (Wildman–Crippen LogP) is 4.51. The third-order valence-electron chi connectivity index (χ3n) is 3.35. The molecule has 1 heterocycles. The van der Waals surface area contributed by atoms with Gasteiger partial charge in [0.25, 0.3) is 0 Å². The average Bonchev–Trinajstić information content (AvgIpc) is 2.85. The van der Waals surface area contributed by atoms with Crippen molar-refractivity contribution in [2.75, 3.05) is 0 Å². The number of aryl methyl sites for hydroxylation is 1. The van der Waals surface area contributed by atoms with Gasteiger partial charge in [-0.2, -0.15) is 0 Å². The molecule has 1 aromatic heterocycles. The van der Waals surface area contributed by atoms with E-state index in [0.29, 0.717) is 6.04 Å². The Balaban J connectivity index is 1.94. The van der Waals surface area contributed by atoms with Gasteiger partial charge in [-0.05, 0) is 43.2 Å². The van der Waals surface area contributed by atoms with Crippen molar-refractivity contribution in [1.29, 1.82) is 0 Å². The zero-order valence-electron chi connectivity index (χ0n) is 11.6. The normalized spacial score (nSPS) is 12.6. The van der Waals surface area contributed by atoms with Crippen molar-refractivity contribution >= 4 is 15.9 Å². The molecule has 2 rings (SSSR count). The van der Waals surface area contributed by atoms with Gasteiger partial charge < -0.3 is 9.88 Å². The summed E-state index contributed by atoms with van der Waals surface area (Å²) in [5.74, 6) is 0. The molecular formula is C16H21BrN2. The highest BCUT2D eigenvalue weighted by Gasteiger charge is 2.06. The number of halogens is 1. The van der Waals surface area contributed by atoms with Crippen molar-refractivity contribution in [3.63, 3.8) is 0 Å². The second kappa shape index (κ2) is 6.92. The van der Waals surface area contributed by atoms with Gasteiger partial charge in [-0.15, -0.1) is 0 Å². The summed E-state index contributed by atoms with van der Waals surface area (Å²) in [6, 6.07) is 13.2. The highest BCUT2D eigenvalue weighted by Crippen LogP contribution is 2.17. The van der Waals surface area contributed by atoms with Gasteiger partial charge >= 0.3 is 0 Å². The van der Waals surface area contributed by atoms with Crippen LogP contribution in [-0.2, 0) is 13.1 Å². The van der Waals surface area contributed by atoms with Gasteiger partial charge in [0.05, 0.1) is 0 Å². The highest BCUT2D eigenvalue weighted by atomic mass is 79.9. The van der Waals surface area contributed by atoms with Gasteiger partial charge in [-0.1, -0.05) is 35.0 Å². The molecule has 0 radical (unpaired) electrons. The highest BCUT2D eigenvalue weighted by molar-refractivity contribution is 9.10. The van der Waals surface area contributed by atoms with E-state index in [1.165, 1.54) is 17.7 Å². The van der Waals surface area contributed by atoms with Gasteiger partial charge in [-0.25, -0.2) is 0 Å². The van der Waals surface area contributed by atoms with Crippen LogP contribution in [0.25, 0.3) is 0 Å². The third-order valence-corrected chi connectivity index (χ3v) is 3.88. The predicted molar refractivity (Wildman–Crippen MR) is 84.1 cm³/mol. The zero-order valence-corrected chi connectivity index (χ0v) is 13.2. The fourth-order valence-corrected chi connectivity index (χ4v) is 2.46. The van der Waals surface area contributed by atoms with Crippen LogP contribution in [0.15, 0.2) is 47.1 Å². The summed E-state index contributed by atoms with van der Waals surface area (Å²) in [5.41, 5.74) is 2.67. The van der Waals surface area contributed by atoms with Crippen LogP contribution in [0.3, 0.4) is 0 Å². The summed E-state index contributed by atoms with van der Waals surface area (Å²) in [4.78, 5) is 0. The SMILES string of the molecule is CCCn1cccc1CNC(C)c1ccc(Br)cc1. The summed E-state index contributed by atoms with van der Waals surface area (Å²) in [5, 5.41) is 3.58. The van der Waals surface area contributed by atoms with E-state index >= 15 is 0 Å². The molecule has 0 fully saturated rings. The fourth-order valence-electron chi connectivity index (χ4n) is 2.20. The lowest BCUT2D eigenvalue weighted by molar-refractivity contribution is 0.542. The standard InChI is InChI=1S/C16H21BrN2/c1-3-10-19-11-4-5-16(19)12-18-13(2)14-6-8-15(17)9-7-14/h4-9,11,13,18H,3,10,12H2,1-2H3. The topological polar surface area (TPSA) is 17.0 Å². The number of nitrogens with one attached hydrogen (secondary N) is 1. The molecule has 0 spiro atoms. The van der Waals surface area contributed by atoms with E-state index in [1.54, 1.807) is 0 Å². The third kappa shape index (κ3) is 3.95. The minimum Gasteiger partial charge on any atom is -0.350 e. The quantitative estimate of drug-likeness (QED) is 0.828. The summed E-state index contributed by atoms with van der Waals surface area (Å²) in [6.07, 6.45) is 3.33. The van der Waals surface area contributed by atoms with Crippen LogP contribution < -0.4 is 5.32 Å². The summed E-state index contributed by atoms with van der Waals surface area (Å²) in [7, 11) is 0. The Kier molecular flexibility index (Phi) is 5.23. The maximum absolute atomic E-state index is 3.58. The molecule has 1 N–H and O–H groups in total. The summed E-state index contributed by atoms with van der Waals surface area (Å²) >= 11 is 3.47. The van der Waals surface area contributed by atoms with Crippen LogP contribution >= 0.6 is 15.9 Å². The Morgan fingerprint density at radius 2 is 1.95 bits per heavy atom. The monoisotopic (exact) mass is 320 g/mol. The van der Waals surface area contributed by atoms with Gasteiger partial charge in [0.1, 0.15) is 0 Å². The van der Waals surface area contributed by atoms with Gasteiger partial charge in [-0.3, -0.25) is 0 Å². The maximum atomic E-state index is 3.58. The van der Waals surface area contributed by atoms with Crippen LogP contribution in [0.5, 0.6) is 0 Å². The molecule has 0 saturated carbocycles. The number of benzene rings is 1. The van der Waals surface area contributed by atoms with Crippen LogP contribution in [0.4, 0.5) is 0 Å². The van der Waals surface area contributed by atoms with Crippen molar-refractivity contribution in [1.82, 2.24) is 9.88 Å². The second-order valence-electron chi connectivity index (χ2n) is 4.85. The van der Waals surface area contributed by atoms with E-state index in [9.17, 15) is 0 Å². The molecule has 0 bridgehead atoms. The number of nitrogens with zero attached hydrogens (tertiary/aromatic N) is 1. The lowest BCUT2D eigenvalue weighted by Crippen LogP contribution is -2.20. The summed E-state index contributed by atoms with van der Waals surface area (Å²) in [6.45, 7) is 6.42. The molecule has 3 heteroatoms. The molecule has 19 heavy (non-hydrogen) atoms. The van der Waals surface area contributed by atoms with Crippen LogP contribution in [0.1, 0.15) is 37.6 Å². The van der Waals surface area contributed by atoms with Gasteiger partial charge in [0, 0.05) is 35.5 Å². The van der Waals surface area contributed by atoms with E-state index in [-0.39, 0.29) is 0 Å². The number of aromatic nitrogens is 1. The molecule has 2 aromatic rings. The fraction of sp³-hybridized carbons (Fsp3) is 0.375. The van der Waals surface area contributed by atoms with Crippen molar-refractivity contribution in [2.45, 2.75) is 39.4 Å². The largest absolute Gasteiger partial charge is 0.350 e. The van der Waals surface area contributed by atoms with Crippen molar-refractivity contribution < 1.29 is 0 Å². The molecule has 0 aliphatic rings. The van der Waals surface area contributed by atoms with Crippen molar-refractivity contribution in [2.24, 2.45) is 0 Å². The molecular weight excluding hydrogens is 300 g/mol. The van der Waals surface area contributed by atoms with E-state index in [1.807, 2.05) is 0 Å². The first kappa shape index (κ1) is 14.4. The molecule has 1 unspecified atom stereocenters. The summed E-state index contributed by atoms with van der Waals surface area (Å²) < 4.78 is 3.45. The van der Waals surface area contributed by atoms with Gasteiger partial charge in [0.15, 0.2) is 0 Å². The Morgan fingerprint density at radius 1 is 1.21 bits per heavy atom. The van der Waals surface area contributed by atoms with Crippen molar-refractivity contribution in [3.05, 3.63) is 58.3 Å². The maximum Gasteiger partial charge on any atom is 0.0364 e. The average molecular weight is 321 g/mol. The Morgan fingerprint density at radius 3 is 2.63 bits per heavy atom. The molecule has 0 aliphatic carbocycles. The first-order valence-corrected chi connectivity index (χ1v) is 7.63. The number of rotatable bonds is 6. The van der Waals surface area contributed by atoms with Crippen LogP contribution in [0.2, 0.25) is 0 Å². The van der Waals surface area contributed by atoms with Crippen molar-refractivity contribution in [3.8, 4) is 0 Å². The minimum atomic E-state index is 0.359. The van der Waals surface area contributed by atoms with E-state index in [4.69, 9.17) is 0 Å². The lowest BCUT2D eigenvalue weighted by atomic mass is 10.1. The van der Waals surface area contributed by atoms with E-state index in [2.05, 4.69) is 82.3 Å². The number of hydrogen-bond acceptors (Lipinski definition) is 1. The number of hydrogen-bond donors (Lipinski definition) is 1. The lowest BCUT2D eigenvalue weighted by Gasteiger charge is -2.15. The Labute approximate surface area is 124 Å². The smallest absolute Gasteiger partial charge is 0.0364 e. The van der Waals surface area contributed by atoms with Crippen LogP contribution in [-0.4, -0.2) is 4.57 Å². The molecule has 1 aromatic carbocycles. The first-order valence-electron chi connectivity index (χ1n) is 6.83. The molecule has 1 atom stereocenters. The molecule has 0 saturated heterocycles. The zero-order chi connectivity index (χ0) is 13.7. The Bertz CT molecular complexity index is 502. The second-order valence-corrected chi connectivity index (χ2v) is 5.76. The first-order chi connectivity index (χ1) is 9.20. The molecule has 0 aliphatic heterocycles. The molecule has 0 amide bonds. The van der Waals surface area contributed by atoms with Crippen LogP contribution in [0, 0.1) is 0 Å². The Hall–Kier alpha value is -1.06.